The minimum Gasteiger partial charge on any atom is -0.480 e. The fraction of sp³-hybridized carbons (Fsp3) is 0.786. The molecule has 1 aliphatic carbocycles. The number of primary amides is 1. The predicted molar refractivity (Wildman–Crippen MR) is 77.6 cm³/mol. The Morgan fingerprint density at radius 2 is 1.71 bits per heavy atom. The zero-order valence-electron chi connectivity index (χ0n) is 13.0. The molecule has 0 heterocycles. The van der Waals surface area contributed by atoms with Gasteiger partial charge in [0.1, 0.15) is 13.1 Å². The van der Waals surface area contributed by atoms with Gasteiger partial charge in [0.2, 0.25) is 5.91 Å². The van der Waals surface area contributed by atoms with Gasteiger partial charge >= 0.3 is 12.0 Å². The molecule has 3 N–H and O–H groups in total. The number of hydrogen-bond donors (Lipinski definition) is 2. The van der Waals surface area contributed by atoms with Crippen LogP contribution in [0.1, 0.15) is 39.5 Å². The number of carbonyl (C=O) groups is 3. The van der Waals surface area contributed by atoms with E-state index in [0.29, 0.717) is 0 Å². The van der Waals surface area contributed by atoms with Crippen LogP contribution < -0.4 is 5.73 Å². The SMILES string of the molecule is CN(C(=O)N(CC(N)=O)CC(=O)O)C1CCC(C)(C)CC1. The van der Waals surface area contributed by atoms with E-state index >= 15 is 0 Å². The lowest BCUT2D eigenvalue weighted by atomic mass is 9.75. The third-order valence-electron chi connectivity index (χ3n) is 4.10. The van der Waals surface area contributed by atoms with Crippen LogP contribution >= 0.6 is 0 Å². The number of carbonyl (C=O) groups excluding carboxylic acids is 2. The summed E-state index contributed by atoms with van der Waals surface area (Å²) in [6.07, 6.45) is 3.80. The second-order valence-corrected chi connectivity index (χ2v) is 6.50. The van der Waals surface area contributed by atoms with E-state index in [9.17, 15) is 14.4 Å². The molecule has 7 nitrogen and oxygen atoms in total. The molecule has 0 aromatic heterocycles. The van der Waals surface area contributed by atoms with Crippen molar-refractivity contribution in [1.29, 1.82) is 0 Å². The van der Waals surface area contributed by atoms with Gasteiger partial charge in [0.25, 0.3) is 0 Å². The summed E-state index contributed by atoms with van der Waals surface area (Å²) >= 11 is 0. The van der Waals surface area contributed by atoms with E-state index < -0.39 is 24.5 Å². The van der Waals surface area contributed by atoms with Crippen molar-refractivity contribution in [2.24, 2.45) is 11.1 Å². The van der Waals surface area contributed by atoms with Gasteiger partial charge in [-0.15, -0.1) is 0 Å². The van der Waals surface area contributed by atoms with Gasteiger partial charge in [0, 0.05) is 13.1 Å². The van der Waals surface area contributed by atoms with Gasteiger partial charge in [-0.2, -0.15) is 0 Å². The second-order valence-electron chi connectivity index (χ2n) is 6.50. The Morgan fingerprint density at radius 1 is 1.19 bits per heavy atom. The van der Waals surface area contributed by atoms with Crippen molar-refractivity contribution in [3.8, 4) is 0 Å². The molecule has 120 valence electrons. The van der Waals surface area contributed by atoms with Gasteiger partial charge in [0.05, 0.1) is 0 Å². The number of carboxylic acids is 1. The maximum absolute atomic E-state index is 12.4. The lowest BCUT2D eigenvalue weighted by Gasteiger charge is -2.39. The lowest BCUT2D eigenvalue weighted by molar-refractivity contribution is -0.138. The summed E-state index contributed by atoms with van der Waals surface area (Å²) in [7, 11) is 1.65. The number of rotatable bonds is 5. The van der Waals surface area contributed by atoms with Gasteiger partial charge in [-0.05, 0) is 31.1 Å². The Bertz CT molecular complexity index is 396. The van der Waals surface area contributed by atoms with Gasteiger partial charge in [0.15, 0.2) is 0 Å². The summed E-state index contributed by atoms with van der Waals surface area (Å²) in [4.78, 5) is 36.7. The summed E-state index contributed by atoms with van der Waals surface area (Å²) in [5.74, 6) is -1.88. The Hall–Kier alpha value is -1.79. The first-order valence-electron chi connectivity index (χ1n) is 7.14. The third kappa shape index (κ3) is 5.24. The number of nitrogens with zero attached hydrogens (tertiary/aromatic N) is 2. The number of aliphatic carboxylic acids is 1. The molecule has 0 aliphatic heterocycles. The van der Waals surface area contributed by atoms with Crippen LogP contribution in [-0.4, -0.2) is 59.0 Å². The quantitative estimate of drug-likeness (QED) is 0.786. The normalized spacial score (nSPS) is 18.0. The molecule has 21 heavy (non-hydrogen) atoms. The maximum Gasteiger partial charge on any atom is 0.323 e. The van der Waals surface area contributed by atoms with Crippen LogP contribution in [0.25, 0.3) is 0 Å². The molecule has 1 aliphatic rings. The van der Waals surface area contributed by atoms with Crippen LogP contribution in [0.5, 0.6) is 0 Å². The smallest absolute Gasteiger partial charge is 0.323 e. The summed E-state index contributed by atoms with van der Waals surface area (Å²) in [5, 5.41) is 8.84. The Balaban J connectivity index is 2.69. The van der Waals surface area contributed by atoms with Crippen molar-refractivity contribution >= 4 is 17.9 Å². The highest BCUT2D eigenvalue weighted by Gasteiger charge is 2.32. The molecular formula is C14H25N3O4. The molecule has 0 bridgehead atoms. The highest BCUT2D eigenvalue weighted by atomic mass is 16.4. The topological polar surface area (TPSA) is 104 Å². The average molecular weight is 299 g/mol. The van der Waals surface area contributed by atoms with Crippen LogP contribution in [0.2, 0.25) is 0 Å². The number of nitrogens with two attached hydrogens (primary N) is 1. The van der Waals surface area contributed by atoms with Crippen LogP contribution in [0.3, 0.4) is 0 Å². The Labute approximate surface area is 125 Å². The molecule has 1 fully saturated rings. The van der Waals surface area contributed by atoms with Crippen LogP contribution in [0.4, 0.5) is 4.79 Å². The zero-order chi connectivity index (χ0) is 16.2. The molecule has 0 aromatic carbocycles. The summed E-state index contributed by atoms with van der Waals surface area (Å²) < 4.78 is 0. The lowest BCUT2D eigenvalue weighted by Crippen LogP contribution is -2.51. The maximum atomic E-state index is 12.4. The van der Waals surface area contributed by atoms with Crippen molar-refractivity contribution in [3.05, 3.63) is 0 Å². The minimum atomic E-state index is -1.16. The monoisotopic (exact) mass is 299 g/mol. The molecular weight excluding hydrogens is 274 g/mol. The predicted octanol–water partition coefficient (Wildman–Crippen LogP) is 0.879. The van der Waals surface area contributed by atoms with E-state index in [1.165, 1.54) is 0 Å². The van der Waals surface area contributed by atoms with Crippen LogP contribution in [-0.2, 0) is 9.59 Å². The molecule has 1 saturated carbocycles. The van der Waals surface area contributed by atoms with Crippen molar-refractivity contribution in [3.63, 3.8) is 0 Å². The fourth-order valence-corrected chi connectivity index (χ4v) is 2.69. The molecule has 1 rings (SSSR count). The van der Waals surface area contributed by atoms with Crippen LogP contribution in [0, 0.1) is 5.41 Å². The van der Waals surface area contributed by atoms with Gasteiger partial charge in [-0.25, -0.2) is 4.79 Å². The van der Waals surface area contributed by atoms with Gasteiger partial charge in [-0.3, -0.25) is 9.59 Å². The molecule has 0 atom stereocenters. The summed E-state index contributed by atoms with van der Waals surface area (Å²) in [6.45, 7) is 3.50. The van der Waals surface area contributed by atoms with Gasteiger partial charge in [-0.1, -0.05) is 13.8 Å². The van der Waals surface area contributed by atoms with Crippen molar-refractivity contribution in [2.45, 2.75) is 45.6 Å². The molecule has 7 heteroatoms. The first kappa shape index (κ1) is 17.3. The zero-order valence-corrected chi connectivity index (χ0v) is 13.0. The molecule has 0 aromatic rings. The van der Waals surface area contributed by atoms with E-state index in [0.717, 1.165) is 30.6 Å². The van der Waals surface area contributed by atoms with E-state index in [4.69, 9.17) is 10.8 Å². The first-order chi connectivity index (χ1) is 9.62. The number of hydrogen-bond acceptors (Lipinski definition) is 3. The van der Waals surface area contributed by atoms with E-state index in [2.05, 4.69) is 13.8 Å². The Morgan fingerprint density at radius 3 is 2.14 bits per heavy atom. The van der Waals surface area contributed by atoms with Gasteiger partial charge < -0.3 is 20.6 Å². The standard InChI is InChI=1S/C14H25N3O4/c1-14(2)6-4-10(5-7-14)16(3)13(21)17(8-11(15)18)9-12(19)20/h10H,4-9H2,1-3H3,(H2,15,18)(H,19,20). The average Bonchev–Trinajstić information content (AvgIpc) is 2.35. The highest BCUT2D eigenvalue weighted by molar-refractivity contribution is 5.86. The van der Waals surface area contributed by atoms with Crippen molar-refractivity contribution in [1.82, 2.24) is 9.80 Å². The third-order valence-corrected chi connectivity index (χ3v) is 4.10. The van der Waals surface area contributed by atoms with E-state index in [-0.39, 0.29) is 18.0 Å². The number of urea groups is 1. The summed E-state index contributed by atoms with van der Waals surface area (Å²) in [6, 6.07) is -0.379. The second kappa shape index (κ2) is 6.78. The fourth-order valence-electron chi connectivity index (χ4n) is 2.69. The highest BCUT2D eigenvalue weighted by Crippen LogP contribution is 2.36. The molecule has 3 amide bonds. The largest absolute Gasteiger partial charge is 0.480 e. The number of carboxylic acid groups (broad SMARTS) is 1. The van der Waals surface area contributed by atoms with Crippen molar-refractivity contribution < 1.29 is 19.5 Å². The Kier molecular flexibility index (Phi) is 5.57. The molecule has 0 unspecified atom stereocenters. The van der Waals surface area contributed by atoms with E-state index in [1.54, 1.807) is 11.9 Å². The van der Waals surface area contributed by atoms with Crippen molar-refractivity contribution in [2.75, 3.05) is 20.1 Å². The van der Waals surface area contributed by atoms with E-state index in [1.807, 2.05) is 0 Å². The molecule has 0 spiro atoms. The summed E-state index contributed by atoms with van der Waals surface area (Å²) in [5.41, 5.74) is 5.36. The number of amides is 3. The minimum absolute atomic E-state index is 0.0784. The first-order valence-corrected chi connectivity index (χ1v) is 7.14. The molecule has 0 radical (unpaired) electrons. The van der Waals surface area contributed by atoms with Crippen LogP contribution in [0.15, 0.2) is 0 Å². The molecule has 0 saturated heterocycles.